The highest BCUT2D eigenvalue weighted by atomic mass is 19.1. The predicted octanol–water partition coefficient (Wildman–Crippen LogP) is 2.02. The normalized spacial score (nSPS) is 12.2. The summed E-state index contributed by atoms with van der Waals surface area (Å²) in [5, 5.41) is 11.4. The molecule has 0 aliphatic heterocycles. The number of aryl methyl sites for hydroxylation is 1. The van der Waals surface area contributed by atoms with Gasteiger partial charge in [0.05, 0.1) is 5.56 Å². The molecule has 1 aromatic carbocycles. The van der Waals surface area contributed by atoms with Gasteiger partial charge in [-0.05, 0) is 38.8 Å². The maximum Gasteiger partial charge on any atom is 0.254 e. The molecule has 1 unspecified atom stereocenters. The summed E-state index contributed by atoms with van der Waals surface area (Å²) in [6, 6.07) is 4.38. The molecule has 4 heteroatoms. The minimum absolute atomic E-state index is 0.0702. The van der Waals surface area contributed by atoms with E-state index in [9.17, 15) is 9.18 Å². The van der Waals surface area contributed by atoms with E-state index in [0.717, 1.165) is 5.56 Å². The van der Waals surface area contributed by atoms with Crippen LogP contribution >= 0.6 is 0 Å². The topological polar surface area (TPSA) is 49.3 Å². The average Bonchev–Trinajstić information content (AvgIpc) is 2.29. The van der Waals surface area contributed by atoms with Crippen molar-refractivity contribution in [2.75, 3.05) is 6.61 Å². The Morgan fingerprint density at radius 1 is 1.53 bits per heavy atom. The average molecular weight is 239 g/mol. The smallest absolute Gasteiger partial charge is 0.254 e. The van der Waals surface area contributed by atoms with Crippen LogP contribution in [0.4, 0.5) is 4.39 Å². The summed E-state index contributed by atoms with van der Waals surface area (Å²) in [7, 11) is 0. The number of aliphatic hydroxyl groups is 1. The summed E-state index contributed by atoms with van der Waals surface area (Å²) >= 11 is 0. The maximum absolute atomic E-state index is 13.4. The zero-order chi connectivity index (χ0) is 12.8. The molecule has 0 radical (unpaired) electrons. The second kappa shape index (κ2) is 6.35. The fourth-order valence-electron chi connectivity index (χ4n) is 1.58. The van der Waals surface area contributed by atoms with Gasteiger partial charge >= 0.3 is 0 Å². The number of amides is 1. The second-order valence-electron chi connectivity index (χ2n) is 4.22. The van der Waals surface area contributed by atoms with E-state index in [0.29, 0.717) is 12.8 Å². The summed E-state index contributed by atoms with van der Waals surface area (Å²) in [5.41, 5.74) is 0.917. The van der Waals surface area contributed by atoms with Crippen LogP contribution in [0.2, 0.25) is 0 Å². The highest BCUT2D eigenvalue weighted by Crippen LogP contribution is 2.10. The van der Waals surface area contributed by atoms with Gasteiger partial charge < -0.3 is 10.4 Å². The van der Waals surface area contributed by atoms with Crippen LogP contribution in [-0.2, 0) is 0 Å². The zero-order valence-electron chi connectivity index (χ0n) is 10.2. The van der Waals surface area contributed by atoms with E-state index in [1.54, 1.807) is 6.07 Å². The number of carbonyl (C=O) groups excluding carboxylic acids is 1. The van der Waals surface area contributed by atoms with Crippen LogP contribution in [0, 0.1) is 12.7 Å². The van der Waals surface area contributed by atoms with Crippen LogP contribution in [0.1, 0.15) is 35.7 Å². The maximum atomic E-state index is 13.4. The van der Waals surface area contributed by atoms with Crippen molar-refractivity contribution in [3.63, 3.8) is 0 Å². The molecule has 0 bridgehead atoms. The molecule has 0 saturated heterocycles. The van der Waals surface area contributed by atoms with E-state index in [-0.39, 0.29) is 18.2 Å². The molecular weight excluding hydrogens is 221 g/mol. The highest BCUT2D eigenvalue weighted by Gasteiger charge is 2.13. The summed E-state index contributed by atoms with van der Waals surface area (Å²) in [6.45, 7) is 3.74. The Morgan fingerprint density at radius 2 is 2.24 bits per heavy atom. The largest absolute Gasteiger partial charge is 0.396 e. The summed E-state index contributed by atoms with van der Waals surface area (Å²) in [5.74, 6) is -0.918. The van der Waals surface area contributed by atoms with Gasteiger partial charge in [0.25, 0.3) is 5.91 Å². The van der Waals surface area contributed by atoms with Crippen molar-refractivity contribution in [1.82, 2.24) is 5.32 Å². The molecule has 2 N–H and O–H groups in total. The fourth-order valence-corrected chi connectivity index (χ4v) is 1.58. The zero-order valence-corrected chi connectivity index (χ0v) is 10.2. The lowest BCUT2D eigenvalue weighted by molar-refractivity contribution is 0.0932. The number of carbonyl (C=O) groups is 1. The lowest BCUT2D eigenvalue weighted by Crippen LogP contribution is -2.33. The number of halogens is 1. The third-order valence-corrected chi connectivity index (χ3v) is 2.54. The van der Waals surface area contributed by atoms with E-state index in [1.807, 2.05) is 13.8 Å². The fraction of sp³-hybridized carbons (Fsp3) is 0.462. The minimum atomic E-state index is -0.512. The van der Waals surface area contributed by atoms with Gasteiger partial charge in [0.1, 0.15) is 5.82 Å². The van der Waals surface area contributed by atoms with Gasteiger partial charge in [0.15, 0.2) is 0 Å². The highest BCUT2D eigenvalue weighted by molar-refractivity contribution is 5.94. The van der Waals surface area contributed by atoms with Crippen molar-refractivity contribution in [2.45, 2.75) is 32.7 Å². The Morgan fingerprint density at radius 3 is 2.88 bits per heavy atom. The van der Waals surface area contributed by atoms with Crippen LogP contribution in [0.25, 0.3) is 0 Å². The van der Waals surface area contributed by atoms with Crippen molar-refractivity contribution in [2.24, 2.45) is 0 Å². The van der Waals surface area contributed by atoms with Crippen LogP contribution in [0.3, 0.4) is 0 Å². The molecule has 0 aliphatic rings. The second-order valence-corrected chi connectivity index (χ2v) is 4.22. The monoisotopic (exact) mass is 239 g/mol. The van der Waals surface area contributed by atoms with Crippen molar-refractivity contribution >= 4 is 5.91 Å². The SMILES string of the molecule is Cc1ccc(F)c(C(=O)NC(C)CCCO)c1. The van der Waals surface area contributed by atoms with Crippen LogP contribution < -0.4 is 5.32 Å². The van der Waals surface area contributed by atoms with E-state index in [4.69, 9.17) is 5.11 Å². The molecule has 0 fully saturated rings. The van der Waals surface area contributed by atoms with Crippen molar-refractivity contribution in [3.8, 4) is 0 Å². The van der Waals surface area contributed by atoms with Gasteiger partial charge in [-0.1, -0.05) is 11.6 Å². The lowest BCUT2D eigenvalue weighted by atomic mass is 10.1. The first-order chi connectivity index (χ1) is 8.04. The lowest BCUT2D eigenvalue weighted by Gasteiger charge is -2.13. The number of rotatable bonds is 5. The number of hydrogen-bond donors (Lipinski definition) is 2. The number of aliphatic hydroxyl groups excluding tert-OH is 1. The standard InChI is InChI=1S/C13H18FNO2/c1-9-5-6-12(14)11(8-9)13(17)15-10(2)4-3-7-16/h5-6,8,10,16H,3-4,7H2,1-2H3,(H,15,17). The van der Waals surface area contributed by atoms with Crippen LogP contribution in [0.5, 0.6) is 0 Å². The Hall–Kier alpha value is -1.42. The van der Waals surface area contributed by atoms with Gasteiger partial charge in [0.2, 0.25) is 0 Å². The molecule has 17 heavy (non-hydrogen) atoms. The minimum Gasteiger partial charge on any atom is -0.396 e. The van der Waals surface area contributed by atoms with Gasteiger partial charge in [-0.3, -0.25) is 4.79 Å². The van der Waals surface area contributed by atoms with Gasteiger partial charge in [-0.2, -0.15) is 0 Å². The molecule has 0 aromatic heterocycles. The summed E-state index contributed by atoms with van der Waals surface area (Å²) in [6.07, 6.45) is 1.30. The van der Waals surface area contributed by atoms with Crippen molar-refractivity contribution in [3.05, 3.63) is 35.1 Å². The molecule has 1 amide bonds. The summed E-state index contributed by atoms with van der Waals surface area (Å²) < 4.78 is 13.4. The molecule has 0 spiro atoms. The molecular formula is C13H18FNO2. The Bertz CT molecular complexity index is 393. The summed E-state index contributed by atoms with van der Waals surface area (Å²) in [4.78, 5) is 11.8. The molecule has 0 saturated carbocycles. The first-order valence-corrected chi connectivity index (χ1v) is 5.72. The number of benzene rings is 1. The first-order valence-electron chi connectivity index (χ1n) is 5.72. The van der Waals surface area contributed by atoms with E-state index < -0.39 is 11.7 Å². The number of hydrogen-bond acceptors (Lipinski definition) is 2. The van der Waals surface area contributed by atoms with E-state index in [1.165, 1.54) is 12.1 Å². The quantitative estimate of drug-likeness (QED) is 0.826. The molecule has 94 valence electrons. The Kier molecular flexibility index (Phi) is 5.10. The molecule has 1 aromatic rings. The molecule has 1 rings (SSSR count). The Balaban J connectivity index is 2.66. The van der Waals surface area contributed by atoms with Crippen molar-refractivity contribution < 1.29 is 14.3 Å². The molecule has 0 heterocycles. The third kappa shape index (κ3) is 4.15. The van der Waals surface area contributed by atoms with Gasteiger partial charge in [-0.15, -0.1) is 0 Å². The molecule has 1 atom stereocenters. The van der Waals surface area contributed by atoms with E-state index >= 15 is 0 Å². The predicted molar refractivity (Wildman–Crippen MR) is 64.4 cm³/mol. The van der Waals surface area contributed by atoms with Crippen LogP contribution in [0.15, 0.2) is 18.2 Å². The van der Waals surface area contributed by atoms with Crippen LogP contribution in [-0.4, -0.2) is 23.7 Å². The number of nitrogens with one attached hydrogen (secondary N) is 1. The van der Waals surface area contributed by atoms with E-state index in [2.05, 4.69) is 5.32 Å². The Labute approximate surface area is 101 Å². The van der Waals surface area contributed by atoms with Gasteiger partial charge in [-0.25, -0.2) is 4.39 Å². The first kappa shape index (κ1) is 13.6. The van der Waals surface area contributed by atoms with Gasteiger partial charge in [0, 0.05) is 12.6 Å². The van der Waals surface area contributed by atoms with Crippen molar-refractivity contribution in [1.29, 1.82) is 0 Å². The molecule has 0 aliphatic carbocycles. The molecule has 3 nitrogen and oxygen atoms in total. The third-order valence-electron chi connectivity index (χ3n) is 2.54.